The van der Waals surface area contributed by atoms with Crippen LogP contribution in [0.1, 0.15) is 5.56 Å². The molecular formula is C16H13N3. The van der Waals surface area contributed by atoms with E-state index in [1.807, 2.05) is 54.6 Å². The minimum absolute atomic E-state index is 0.652. The van der Waals surface area contributed by atoms with Crippen molar-refractivity contribution in [2.24, 2.45) is 0 Å². The summed E-state index contributed by atoms with van der Waals surface area (Å²) in [5.74, 6) is 0.652. The number of aromatic nitrogens is 3. The van der Waals surface area contributed by atoms with Crippen LogP contribution in [0.25, 0.3) is 22.6 Å². The number of rotatable bonds is 2. The summed E-state index contributed by atoms with van der Waals surface area (Å²) in [6.45, 7) is 2.06. The molecule has 0 aliphatic carbocycles. The first-order chi connectivity index (χ1) is 9.33. The highest BCUT2D eigenvalue weighted by Crippen LogP contribution is 2.18. The predicted molar refractivity (Wildman–Crippen MR) is 75.4 cm³/mol. The molecule has 0 aliphatic rings. The van der Waals surface area contributed by atoms with Crippen molar-refractivity contribution in [3.05, 3.63) is 66.4 Å². The van der Waals surface area contributed by atoms with Gasteiger partial charge in [0.2, 0.25) is 0 Å². The van der Waals surface area contributed by atoms with E-state index in [0.29, 0.717) is 5.82 Å². The summed E-state index contributed by atoms with van der Waals surface area (Å²) in [7, 11) is 0. The van der Waals surface area contributed by atoms with Crippen molar-refractivity contribution in [2.75, 3.05) is 0 Å². The van der Waals surface area contributed by atoms with Crippen molar-refractivity contribution in [1.82, 2.24) is 15.2 Å². The van der Waals surface area contributed by atoms with E-state index < -0.39 is 0 Å². The third-order valence-corrected chi connectivity index (χ3v) is 2.94. The minimum Gasteiger partial charge on any atom is -0.233 e. The largest absolute Gasteiger partial charge is 0.233 e. The molecule has 0 N–H and O–H groups in total. The molecular weight excluding hydrogens is 234 g/mol. The molecule has 0 spiro atoms. The number of hydrogen-bond acceptors (Lipinski definition) is 3. The molecule has 92 valence electrons. The van der Waals surface area contributed by atoms with Crippen LogP contribution < -0.4 is 0 Å². The second kappa shape index (κ2) is 4.98. The van der Waals surface area contributed by atoms with E-state index in [1.54, 1.807) is 6.20 Å². The van der Waals surface area contributed by atoms with Crippen molar-refractivity contribution in [3.63, 3.8) is 0 Å². The van der Waals surface area contributed by atoms with E-state index in [2.05, 4.69) is 22.1 Å². The highest BCUT2D eigenvalue weighted by atomic mass is 15.2. The molecule has 0 atom stereocenters. The maximum absolute atomic E-state index is 4.38. The van der Waals surface area contributed by atoms with E-state index in [0.717, 1.165) is 16.8 Å². The quantitative estimate of drug-likeness (QED) is 0.695. The van der Waals surface area contributed by atoms with Crippen molar-refractivity contribution in [3.8, 4) is 22.6 Å². The van der Waals surface area contributed by atoms with Gasteiger partial charge in [-0.25, -0.2) is 4.98 Å². The Hall–Kier alpha value is -2.55. The lowest BCUT2D eigenvalue weighted by atomic mass is 10.1. The van der Waals surface area contributed by atoms with Gasteiger partial charge in [0, 0.05) is 11.1 Å². The van der Waals surface area contributed by atoms with Crippen LogP contribution in [0.5, 0.6) is 0 Å². The van der Waals surface area contributed by atoms with E-state index >= 15 is 0 Å². The summed E-state index contributed by atoms with van der Waals surface area (Å²) in [4.78, 5) is 4.38. The zero-order chi connectivity index (χ0) is 13.1. The Balaban J connectivity index is 1.93. The summed E-state index contributed by atoms with van der Waals surface area (Å²) in [6.07, 6.45) is 1.76. The van der Waals surface area contributed by atoms with Gasteiger partial charge in [-0.05, 0) is 6.92 Å². The van der Waals surface area contributed by atoms with E-state index in [-0.39, 0.29) is 0 Å². The average Bonchev–Trinajstić information content (AvgIpc) is 2.49. The van der Waals surface area contributed by atoms with Crippen molar-refractivity contribution < 1.29 is 0 Å². The topological polar surface area (TPSA) is 38.7 Å². The molecule has 3 rings (SSSR count). The van der Waals surface area contributed by atoms with E-state index in [1.165, 1.54) is 5.56 Å². The van der Waals surface area contributed by atoms with Crippen LogP contribution in [0, 0.1) is 6.92 Å². The van der Waals surface area contributed by atoms with Crippen molar-refractivity contribution in [1.29, 1.82) is 0 Å². The lowest BCUT2D eigenvalue weighted by Gasteiger charge is -2.02. The standard InChI is InChI=1S/C16H13N3/c1-12-7-9-14(10-8-12)16-17-11-15(18-19-16)13-5-3-2-4-6-13/h2-11H,1H3. The molecule has 3 heteroatoms. The average molecular weight is 247 g/mol. The monoisotopic (exact) mass is 247 g/mol. The Labute approximate surface area is 112 Å². The van der Waals surface area contributed by atoms with Gasteiger partial charge in [0.25, 0.3) is 0 Å². The lowest BCUT2D eigenvalue weighted by Crippen LogP contribution is -1.94. The van der Waals surface area contributed by atoms with Gasteiger partial charge in [-0.2, -0.15) is 0 Å². The first-order valence-electron chi connectivity index (χ1n) is 6.15. The Morgan fingerprint density at radius 2 is 1.47 bits per heavy atom. The molecule has 0 fully saturated rings. The van der Waals surface area contributed by atoms with Gasteiger partial charge in [-0.15, -0.1) is 10.2 Å². The number of hydrogen-bond donors (Lipinski definition) is 0. The second-order valence-electron chi connectivity index (χ2n) is 4.40. The predicted octanol–water partition coefficient (Wildman–Crippen LogP) is 3.51. The maximum Gasteiger partial charge on any atom is 0.181 e. The molecule has 2 aromatic carbocycles. The fourth-order valence-electron chi connectivity index (χ4n) is 1.85. The molecule has 3 nitrogen and oxygen atoms in total. The fourth-order valence-corrected chi connectivity index (χ4v) is 1.85. The molecule has 0 saturated carbocycles. The molecule has 0 unspecified atom stereocenters. The van der Waals surface area contributed by atoms with Crippen LogP contribution >= 0.6 is 0 Å². The molecule has 19 heavy (non-hydrogen) atoms. The van der Waals surface area contributed by atoms with Gasteiger partial charge in [-0.1, -0.05) is 60.2 Å². The maximum atomic E-state index is 4.38. The van der Waals surface area contributed by atoms with Crippen LogP contribution in [0.4, 0.5) is 0 Å². The molecule has 0 amide bonds. The van der Waals surface area contributed by atoms with Crippen LogP contribution in [-0.2, 0) is 0 Å². The normalized spacial score (nSPS) is 10.4. The lowest BCUT2D eigenvalue weighted by molar-refractivity contribution is 0.987. The fraction of sp³-hybridized carbons (Fsp3) is 0.0625. The summed E-state index contributed by atoms with van der Waals surface area (Å²) in [5.41, 5.74) is 4.02. The second-order valence-corrected chi connectivity index (χ2v) is 4.40. The van der Waals surface area contributed by atoms with Crippen LogP contribution in [0.3, 0.4) is 0 Å². The first kappa shape index (κ1) is 11.5. The smallest absolute Gasteiger partial charge is 0.181 e. The Morgan fingerprint density at radius 3 is 2.11 bits per heavy atom. The van der Waals surface area contributed by atoms with E-state index in [9.17, 15) is 0 Å². The van der Waals surface area contributed by atoms with Gasteiger partial charge >= 0.3 is 0 Å². The molecule has 3 aromatic rings. The van der Waals surface area contributed by atoms with Crippen LogP contribution in [0.2, 0.25) is 0 Å². The van der Waals surface area contributed by atoms with Gasteiger partial charge in [0.05, 0.1) is 6.20 Å². The highest BCUT2D eigenvalue weighted by Gasteiger charge is 2.03. The SMILES string of the molecule is Cc1ccc(-c2ncc(-c3ccccc3)nn2)cc1. The van der Waals surface area contributed by atoms with Crippen molar-refractivity contribution >= 4 is 0 Å². The van der Waals surface area contributed by atoms with Crippen LogP contribution in [-0.4, -0.2) is 15.2 Å². The van der Waals surface area contributed by atoms with Gasteiger partial charge in [-0.3, -0.25) is 0 Å². The summed E-state index contributed by atoms with van der Waals surface area (Å²) in [5, 5.41) is 8.43. The first-order valence-corrected chi connectivity index (χ1v) is 6.15. The third kappa shape index (κ3) is 2.50. The molecule has 0 bridgehead atoms. The molecule has 1 aromatic heterocycles. The van der Waals surface area contributed by atoms with Gasteiger partial charge in [0.1, 0.15) is 5.69 Å². The zero-order valence-corrected chi connectivity index (χ0v) is 10.6. The molecule has 1 heterocycles. The third-order valence-electron chi connectivity index (χ3n) is 2.94. The minimum atomic E-state index is 0.652. The number of aryl methyl sites for hydroxylation is 1. The summed E-state index contributed by atoms with van der Waals surface area (Å²) >= 11 is 0. The van der Waals surface area contributed by atoms with Crippen LogP contribution in [0.15, 0.2) is 60.8 Å². The highest BCUT2D eigenvalue weighted by molar-refractivity contribution is 5.59. The molecule has 0 aliphatic heterocycles. The zero-order valence-electron chi connectivity index (χ0n) is 10.6. The summed E-state index contributed by atoms with van der Waals surface area (Å²) in [6, 6.07) is 18.0. The Morgan fingerprint density at radius 1 is 0.737 bits per heavy atom. The Bertz CT molecular complexity index is 659. The van der Waals surface area contributed by atoms with E-state index in [4.69, 9.17) is 0 Å². The van der Waals surface area contributed by atoms with Gasteiger partial charge < -0.3 is 0 Å². The Kier molecular flexibility index (Phi) is 3.02. The summed E-state index contributed by atoms with van der Waals surface area (Å²) < 4.78 is 0. The van der Waals surface area contributed by atoms with Crippen molar-refractivity contribution in [2.45, 2.75) is 6.92 Å². The number of nitrogens with zero attached hydrogens (tertiary/aromatic N) is 3. The molecule has 0 saturated heterocycles. The van der Waals surface area contributed by atoms with Gasteiger partial charge in [0.15, 0.2) is 5.82 Å². The molecule has 0 radical (unpaired) electrons. The number of benzene rings is 2.